The highest BCUT2D eigenvalue weighted by atomic mass is 32.2. The number of esters is 1. The van der Waals surface area contributed by atoms with Gasteiger partial charge in [0.25, 0.3) is 5.89 Å². The van der Waals surface area contributed by atoms with Crippen molar-refractivity contribution in [2.24, 2.45) is 5.92 Å². The number of hydrogen-bond donors (Lipinski definition) is 0. The Balaban J connectivity index is 1.85. The van der Waals surface area contributed by atoms with Gasteiger partial charge in [-0.2, -0.15) is 4.98 Å². The molecular formula is C20H28N4O6S. The minimum Gasteiger partial charge on any atom is -0.452 e. The van der Waals surface area contributed by atoms with Crippen LogP contribution in [0.25, 0.3) is 0 Å². The van der Waals surface area contributed by atoms with Crippen molar-refractivity contribution in [3.8, 4) is 0 Å². The largest absolute Gasteiger partial charge is 0.452 e. The topological polar surface area (TPSA) is 115 Å². The molecule has 0 radical (unpaired) electrons. The highest BCUT2D eigenvalue weighted by molar-refractivity contribution is 7.89. The van der Waals surface area contributed by atoms with Crippen molar-refractivity contribution >= 4 is 21.7 Å². The van der Waals surface area contributed by atoms with Crippen molar-refractivity contribution in [3.05, 3.63) is 35.5 Å². The number of carbonyl (C=O) groups is 1. The number of sulfonamides is 1. The Morgan fingerprint density at radius 3 is 2.61 bits per heavy atom. The van der Waals surface area contributed by atoms with Gasteiger partial charge < -0.3 is 18.9 Å². The van der Waals surface area contributed by atoms with Gasteiger partial charge in [-0.25, -0.2) is 17.5 Å². The van der Waals surface area contributed by atoms with E-state index < -0.39 is 16.0 Å². The molecule has 11 heteroatoms. The molecule has 3 rings (SSSR count). The molecule has 0 saturated carbocycles. The second-order valence-corrected chi connectivity index (χ2v) is 10.00. The van der Waals surface area contributed by atoms with E-state index in [1.165, 1.54) is 26.2 Å². The van der Waals surface area contributed by atoms with E-state index in [0.717, 1.165) is 4.31 Å². The van der Waals surface area contributed by atoms with Crippen LogP contribution in [0, 0.1) is 5.92 Å². The first-order valence-corrected chi connectivity index (χ1v) is 11.5. The van der Waals surface area contributed by atoms with Crippen molar-refractivity contribution in [2.45, 2.75) is 31.8 Å². The number of benzene rings is 1. The van der Waals surface area contributed by atoms with Gasteiger partial charge >= 0.3 is 5.97 Å². The minimum absolute atomic E-state index is 0.0125. The average molecular weight is 453 g/mol. The van der Waals surface area contributed by atoms with E-state index in [-0.39, 0.29) is 23.0 Å². The highest BCUT2D eigenvalue weighted by Crippen LogP contribution is 2.27. The zero-order valence-corrected chi connectivity index (χ0v) is 19.0. The molecular weight excluding hydrogens is 424 g/mol. The van der Waals surface area contributed by atoms with Crippen LogP contribution >= 0.6 is 0 Å². The zero-order valence-electron chi connectivity index (χ0n) is 18.2. The maximum absolute atomic E-state index is 12.9. The summed E-state index contributed by atoms with van der Waals surface area (Å²) >= 11 is 0. The molecule has 0 aliphatic carbocycles. The summed E-state index contributed by atoms with van der Waals surface area (Å²) in [7, 11) is -0.838. The molecule has 0 spiro atoms. The maximum atomic E-state index is 12.9. The molecule has 1 aromatic carbocycles. The summed E-state index contributed by atoms with van der Waals surface area (Å²) in [5.41, 5.74) is 0.753. The Morgan fingerprint density at radius 1 is 1.26 bits per heavy atom. The summed E-state index contributed by atoms with van der Waals surface area (Å²) in [5, 5.41) is 3.88. The zero-order chi connectivity index (χ0) is 22.6. The van der Waals surface area contributed by atoms with Crippen LogP contribution < -0.4 is 4.90 Å². The summed E-state index contributed by atoms with van der Waals surface area (Å²) in [6.07, 6.45) is 0.656. The van der Waals surface area contributed by atoms with Crippen molar-refractivity contribution in [1.82, 2.24) is 14.4 Å². The van der Waals surface area contributed by atoms with E-state index in [4.69, 9.17) is 14.0 Å². The first kappa shape index (κ1) is 23.2. The molecule has 0 bridgehead atoms. The third kappa shape index (κ3) is 5.60. The molecule has 1 fully saturated rings. The van der Waals surface area contributed by atoms with Crippen molar-refractivity contribution in [2.75, 3.05) is 45.3 Å². The number of hydrogen-bond acceptors (Lipinski definition) is 9. The molecule has 0 N–H and O–H groups in total. The number of aromatic nitrogens is 2. The van der Waals surface area contributed by atoms with Crippen LogP contribution in [-0.2, 0) is 32.5 Å². The Labute approximate surface area is 182 Å². The third-order valence-electron chi connectivity index (χ3n) is 4.75. The fourth-order valence-electron chi connectivity index (χ4n) is 3.13. The summed E-state index contributed by atoms with van der Waals surface area (Å²) in [6.45, 7) is 6.09. The van der Waals surface area contributed by atoms with Crippen molar-refractivity contribution in [1.29, 1.82) is 0 Å². The second-order valence-electron chi connectivity index (χ2n) is 7.84. The molecule has 1 aliphatic heterocycles. The quantitative estimate of drug-likeness (QED) is 0.552. The Kier molecular flexibility index (Phi) is 7.29. The number of anilines is 1. The lowest BCUT2D eigenvalue weighted by Gasteiger charge is -2.30. The Morgan fingerprint density at radius 2 is 1.97 bits per heavy atom. The van der Waals surface area contributed by atoms with Crippen LogP contribution in [-0.4, -0.2) is 69.2 Å². The van der Waals surface area contributed by atoms with E-state index in [1.54, 1.807) is 6.07 Å². The van der Waals surface area contributed by atoms with Gasteiger partial charge in [0.1, 0.15) is 0 Å². The summed E-state index contributed by atoms with van der Waals surface area (Å²) in [6, 6.07) is 4.47. The SMILES string of the molecule is CC(C)Cc1noc(COC(=O)c2cc(S(=O)(=O)N(C)C)ccc2N2CCOCC2)n1. The molecule has 10 nitrogen and oxygen atoms in total. The number of rotatable bonds is 8. The number of carbonyl (C=O) groups excluding carboxylic acids is 1. The second kappa shape index (κ2) is 9.75. The van der Waals surface area contributed by atoms with Crippen LogP contribution in [0.2, 0.25) is 0 Å². The van der Waals surface area contributed by atoms with Crippen LogP contribution in [0.1, 0.15) is 35.9 Å². The lowest BCUT2D eigenvalue weighted by Crippen LogP contribution is -2.37. The lowest BCUT2D eigenvalue weighted by molar-refractivity contribution is 0.0429. The van der Waals surface area contributed by atoms with Gasteiger partial charge in [-0.1, -0.05) is 19.0 Å². The van der Waals surface area contributed by atoms with Crippen molar-refractivity contribution < 1.29 is 27.2 Å². The van der Waals surface area contributed by atoms with E-state index in [9.17, 15) is 13.2 Å². The molecule has 31 heavy (non-hydrogen) atoms. The molecule has 1 saturated heterocycles. The van der Waals surface area contributed by atoms with Crippen LogP contribution in [0.3, 0.4) is 0 Å². The molecule has 0 atom stereocenters. The first-order valence-electron chi connectivity index (χ1n) is 10.1. The van der Waals surface area contributed by atoms with Gasteiger partial charge in [-0.3, -0.25) is 0 Å². The van der Waals surface area contributed by atoms with E-state index >= 15 is 0 Å². The van der Waals surface area contributed by atoms with E-state index in [1.807, 2.05) is 18.7 Å². The van der Waals surface area contributed by atoms with Gasteiger partial charge in [0.2, 0.25) is 10.0 Å². The summed E-state index contributed by atoms with van der Waals surface area (Å²) in [5.74, 6) is 0.439. The predicted octanol–water partition coefficient (Wildman–Crippen LogP) is 1.71. The average Bonchev–Trinajstić information content (AvgIpc) is 3.18. The van der Waals surface area contributed by atoms with E-state index in [2.05, 4.69) is 10.1 Å². The minimum atomic E-state index is -3.71. The molecule has 170 valence electrons. The molecule has 0 amide bonds. The Hall–Kier alpha value is -2.50. The molecule has 2 aromatic rings. The monoisotopic (exact) mass is 452 g/mol. The standard InChI is InChI=1S/C20H28N4O6S/c1-14(2)11-18-21-19(30-22-18)13-29-20(25)16-12-15(31(26,27)23(3)4)5-6-17(16)24-7-9-28-10-8-24/h5-6,12,14H,7-11,13H2,1-4H3. The lowest BCUT2D eigenvalue weighted by atomic mass is 10.1. The van der Waals surface area contributed by atoms with Gasteiger partial charge in [0.05, 0.1) is 29.4 Å². The smallest absolute Gasteiger partial charge is 0.340 e. The third-order valence-corrected chi connectivity index (χ3v) is 6.56. The molecule has 2 heterocycles. The van der Waals surface area contributed by atoms with Gasteiger partial charge in [0.15, 0.2) is 12.4 Å². The fourth-order valence-corrected chi connectivity index (χ4v) is 4.06. The number of morpholine rings is 1. The van der Waals surface area contributed by atoms with Crippen LogP contribution in [0.15, 0.2) is 27.6 Å². The summed E-state index contributed by atoms with van der Waals surface area (Å²) < 4.78 is 42.1. The normalized spacial score (nSPS) is 15.0. The molecule has 1 aliphatic rings. The van der Waals surface area contributed by atoms with Gasteiger partial charge in [-0.05, 0) is 24.1 Å². The van der Waals surface area contributed by atoms with Crippen molar-refractivity contribution in [3.63, 3.8) is 0 Å². The first-order chi connectivity index (χ1) is 14.7. The number of nitrogens with zero attached hydrogens (tertiary/aromatic N) is 4. The van der Waals surface area contributed by atoms with Crippen LogP contribution in [0.4, 0.5) is 5.69 Å². The Bertz CT molecular complexity index is 1010. The fraction of sp³-hybridized carbons (Fsp3) is 0.550. The molecule has 1 aromatic heterocycles. The predicted molar refractivity (Wildman–Crippen MR) is 112 cm³/mol. The molecule has 0 unspecified atom stereocenters. The number of ether oxygens (including phenoxy) is 2. The van der Waals surface area contributed by atoms with Gasteiger partial charge in [-0.15, -0.1) is 0 Å². The summed E-state index contributed by atoms with van der Waals surface area (Å²) in [4.78, 5) is 19.1. The van der Waals surface area contributed by atoms with E-state index in [0.29, 0.717) is 50.2 Å². The maximum Gasteiger partial charge on any atom is 0.340 e. The highest BCUT2D eigenvalue weighted by Gasteiger charge is 2.25. The van der Waals surface area contributed by atoms with Gasteiger partial charge in [0, 0.05) is 33.6 Å². The van der Waals surface area contributed by atoms with Crippen LogP contribution in [0.5, 0.6) is 0 Å².